The predicted molar refractivity (Wildman–Crippen MR) is 75.0 cm³/mol. The number of rotatable bonds is 7. The maximum absolute atomic E-state index is 13.5. The lowest BCUT2D eigenvalue weighted by Gasteiger charge is -2.08. The van der Waals surface area contributed by atoms with Gasteiger partial charge < -0.3 is 4.74 Å². The van der Waals surface area contributed by atoms with E-state index in [1.54, 1.807) is 23.1 Å². The minimum atomic E-state index is -3.72. The summed E-state index contributed by atoms with van der Waals surface area (Å²) in [4.78, 5) is -0.125. The van der Waals surface area contributed by atoms with E-state index in [2.05, 4.69) is 9.82 Å². The van der Waals surface area contributed by atoms with Crippen LogP contribution in [0.2, 0.25) is 0 Å². The number of halogens is 1. The molecule has 114 valence electrons. The van der Waals surface area contributed by atoms with Crippen LogP contribution in [0.25, 0.3) is 0 Å². The third kappa shape index (κ3) is 4.02. The molecule has 0 fully saturated rings. The quantitative estimate of drug-likeness (QED) is 0.784. The molecule has 0 saturated heterocycles. The summed E-state index contributed by atoms with van der Waals surface area (Å²) in [5.74, 6) is -0.704. The summed E-state index contributed by atoms with van der Waals surface area (Å²) >= 11 is 0. The van der Waals surface area contributed by atoms with Crippen molar-refractivity contribution in [2.45, 2.75) is 17.9 Å². The number of sulfonamides is 1. The van der Waals surface area contributed by atoms with Crippen molar-refractivity contribution >= 4 is 10.0 Å². The lowest BCUT2D eigenvalue weighted by Crippen LogP contribution is -2.25. The van der Waals surface area contributed by atoms with Gasteiger partial charge in [0.25, 0.3) is 0 Å². The second-order valence-electron chi connectivity index (χ2n) is 4.32. The fraction of sp³-hybridized carbons (Fsp3) is 0.308. The number of nitrogens with one attached hydrogen (secondary N) is 1. The normalized spacial score (nSPS) is 11.5. The van der Waals surface area contributed by atoms with Crippen molar-refractivity contribution in [3.8, 4) is 5.75 Å². The molecule has 8 heteroatoms. The summed E-state index contributed by atoms with van der Waals surface area (Å²) in [5.41, 5.74) is 0. The number of hydrogen-bond donors (Lipinski definition) is 1. The van der Waals surface area contributed by atoms with Gasteiger partial charge in [0.05, 0.1) is 12.0 Å². The van der Waals surface area contributed by atoms with Crippen molar-refractivity contribution in [1.82, 2.24) is 14.5 Å². The average molecular weight is 313 g/mol. The van der Waals surface area contributed by atoms with Gasteiger partial charge in [0.2, 0.25) is 10.0 Å². The molecule has 0 unspecified atom stereocenters. The Morgan fingerprint density at radius 3 is 2.86 bits per heavy atom. The van der Waals surface area contributed by atoms with E-state index < -0.39 is 15.8 Å². The van der Waals surface area contributed by atoms with Crippen LogP contribution in [0.3, 0.4) is 0 Å². The Morgan fingerprint density at radius 2 is 2.24 bits per heavy atom. The first-order chi connectivity index (χ1) is 10.0. The van der Waals surface area contributed by atoms with Crippen LogP contribution in [-0.2, 0) is 16.6 Å². The number of aromatic nitrogens is 2. The molecule has 21 heavy (non-hydrogen) atoms. The molecule has 6 nitrogen and oxygen atoms in total. The Labute approximate surface area is 122 Å². The van der Waals surface area contributed by atoms with Crippen molar-refractivity contribution in [1.29, 1.82) is 0 Å². The Bertz CT molecular complexity index is 687. The lowest BCUT2D eigenvalue weighted by atomic mass is 10.3. The molecule has 0 spiro atoms. The largest absolute Gasteiger partial charge is 0.494 e. The second-order valence-corrected chi connectivity index (χ2v) is 6.08. The van der Waals surface area contributed by atoms with Gasteiger partial charge in [-0.25, -0.2) is 17.5 Å². The summed E-state index contributed by atoms with van der Waals surface area (Å²) in [6, 6.07) is 5.32. The molecule has 0 aliphatic heterocycles. The van der Waals surface area contributed by atoms with Crippen LogP contribution >= 0.6 is 0 Å². The van der Waals surface area contributed by atoms with Crippen molar-refractivity contribution in [2.24, 2.45) is 0 Å². The molecule has 0 atom stereocenters. The molecule has 1 aromatic carbocycles. The minimum absolute atomic E-state index is 0.00707. The van der Waals surface area contributed by atoms with Gasteiger partial charge in [0.1, 0.15) is 0 Å². The lowest BCUT2D eigenvalue weighted by molar-refractivity contribution is 0.385. The summed E-state index contributed by atoms with van der Waals surface area (Å²) in [6.07, 6.45) is 4.04. The summed E-state index contributed by atoms with van der Waals surface area (Å²) < 4.78 is 46.4. The zero-order valence-electron chi connectivity index (χ0n) is 11.5. The van der Waals surface area contributed by atoms with E-state index in [1.165, 1.54) is 19.2 Å². The highest BCUT2D eigenvalue weighted by Crippen LogP contribution is 2.20. The fourth-order valence-electron chi connectivity index (χ4n) is 1.78. The molecule has 0 bridgehead atoms. The second kappa shape index (κ2) is 6.68. The van der Waals surface area contributed by atoms with Crippen molar-refractivity contribution in [3.63, 3.8) is 0 Å². The standard InChI is InChI=1S/C13H16FN3O3S/c1-20-13-5-4-11(10-12(13)14)21(18,19)16-7-3-9-17-8-2-6-15-17/h2,4-6,8,10,16H,3,7,9H2,1H3. The van der Waals surface area contributed by atoms with E-state index in [1.807, 2.05) is 0 Å². The summed E-state index contributed by atoms with van der Waals surface area (Å²) in [5, 5.41) is 4.02. The SMILES string of the molecule is COc1ccc(S(=O)(=O)NCCCn2cccn2)cc1F. The van der Waals surface area contributed by atoms with E-state index in [0.29, 0.717) is 13.0 Å². The molecule has 2 aromatic rings. The van der Waals surface area contributed by atoms with Gasteiger partial charge in [-0.15, -0.1) is 0 Å². The molecule has 2 rings (SSSR count). The average Bonchev–Trinajstić information content (AvgIpc) is 2.97. The molecule has 1 heterocycles. The van der Waals surface area contributed by atoms with Crippen LogP contribution in [-0.4, -0.2) is 31.9 Å². The number of benzene rings is 1. The Balaban J connectivity index is 1.93. The van der Waals surface area contributed by atoms with E-state index >= 15 is 0 Å². The summed E-state index contributed by atoms with van der Waals surface area (Å²) in [7, 11) is -2.40. The first kappa shape index (κ1) is 15.5. The molecule has 1 N–H and O–H groups in total. The molecule has 1 aromatic heterocycles. The molecular formula is C13H16FN3O3S. The number of methoxy groups -OCH3 is 1. The highest BCUT2D eigenvalue weighted by Gasteiger charge is 2.15. The number of ether oxygens (including phenoxy) is 1. The van der Waals surface area contributed by atoms with Crippen LogP contribution in [0.4, 0.5) is 4.39 Å². The third-order valence-corrected chi connectivity index (χ3v) is 4.31. The predicted octanol–water partition coefficient (Wildman–Crippen LogP) is 1.40. The maximum Gasteiger partial charge on any atom is 0.240 e. The van der Waals surface area contributed by atoms with Crippen LogP contribution < -0.4 is 9.46 Å². The first-order valence-corrected chi connectivity index (χ1v) is 7.82. The topological polar surface area (TPSA) is 73.2 Å². The zero-order chi connectivity index (χ0) is 15.3. The molecule has 0 saturated carbocycles. The van der Waals surface area contributed by atoms with E-state index in [0.717, 1.165) is 6.07 Å². The summed E-state index contributed by atoms with van der Waals surface area (Å²) in [6.45, 7) is 0.850. The van der Waals surface area contributed by atoms with E-state index in [-0.39, 0.29) is 17.2 Å². The van der Waals surface area contributed by atoms with Gasteiger partial charge in [0.15, 0.2) is 11.6 Å². The van der Waals surface area contributed by atoms with Crippen LogP contribution in [0.15, 0.2) is 41.6 Å². The maximum atomic E-state index is 13.5. The molecular weight excluding hydrogens is 297 g/mol. The smallest absolute Gasteiger partial charge is 0.240 e. The zero-order valence-corrected chi connectivity index (χ0v) is 12.3. The van der Waals surface area contributed by atoms with E-state index in [9.17, 15) is 12.8 Å². The van der Waals surface area contributed by atoms with E-state index in [4.69, 9.17) is 4.74 Å². The monoisotopic (exact) mass is 313 g/mol. The number of nitrogens with zero attached hydrogens (tertiary/aromatic N) is 2. The molecule has 0 radical (unpaired) electrons. The highest BCUT2D eigenvalue weighted by molar-refractivity contribution is 7.89. The van der Waals surface area contributed by atoms with Gasteiger partial charge >= 0.3 is 0 Å². The third-order valence-electron chi connectivity index (χ3n) is 2.85. The number of aryl methyl sites for hydroxylation is 1. The van der Waals surface area contributed by atoms with Gasteiger partial charge in [-0.05, 0) is 30.7 Å². The number of hydrogen-bond acceptors (Lipinski definition) is 4. The van der Waals surface area contributed by atoms with Gasteiger partial charge in [-0.1, -0.05) is 0 Å². The van der Waals surface area contributed by atoms with Crippen molar-refractivity contribution < 1.29 is 17.5 Å². The van der Waals surface area contributed by atoms with Gasteiger partial charge in [0, 0.05) is 25.5 Å². The van der Waals surface area contributed by atoms with Gasteiger partial charge in [-0.2, -0.15) is 5.10 Å². The minimum Gasteiger partial charge on any atom is -0.494 e. The Kier molecular flexibility index (Phi) is 4.92. The Hall–Kier alpha value is -1.93. The van der Waals surface area contributed by atoms with Gasteiger partial charge in [-0.3, -0.25) is 4.68 Å². The van der Waals surface area contributed by atoms with Crippen LogP contribution in [0.1, 0.15) is 6.42 Å². The molecule has 0 amide bonds. The van der Waals surface area contributed by atoms with Crippen molar-refractivity contribution in [3.05, 3.63) is 42.5 Å². The van der Waals surface area contributed by atoms with Crippen LogP contribution in [0, 0.1) is 5.82 Å². The Morgan fingerprint density at radius 1 is 1.43 bits per heavy atom. The fourth-order valence-corrected chi connectivity index (χ4v) is 2.86. The van der Waals surface area contributed by atoms with Crippen LogP contribution in [0.5, 0.6) is 5.75 Å². The molecule has 0 aliphatic carbocycles. The highest BCUT2D eigenvalue weighted by atomic mass is 32.2. The first-order valence-electron chi connectivity index (χ1n) is 6.33. The molecule has 0 aliphatic rings. The van der Waals surface area contributed by atoms with Crippen molar-refractivity contribution in [2.75, 3.05) is 13.7 Å².